The number of carbonyl (C=O) groups excluding carboxylic acids is 1. The lowest BCUT2D eigenvalue weighted by Crippen LogP contribution is -2.52. The van der Waals surface area contributed by atoms with E-state index in [1.807, 2.05) is 0 Å². The lowest BCUT2D eigenvalue weighted by atomic mass is 9.92. The average Bonchev–Trinajstić information content (AvgIpc) is 2.85. The van der Waals surface area contributed by atoms with Gasteiger partial charge in [-0.25, -0.2) is 4.79 Å². The summed E-state index contributed by atoms with van der Waals surface area (Å²) < 4.78 is 0.620. The highest BCUT2D eigenvalue weighted by Gasteiger charge is 2.48. The zero-order valence-corrected chi connectivity index (χ0v) is 13.4. The highest BCUT2D eigenvalue weighted by Crippen LogP contribution is 2.35. The fraction of sp³-hybridized carbons (Fsp3) is 0.429. The normalized spacial score (nSPS) is 22.1. The molecule has 1 amide bonds. The van der Waals surface area contributed by atoms with Crippen molar-refractivity contribution in [2.24, 2.45) is 0 Å². The van der Waals surface area contributed by atoms with Gasteiger partial charge in [0.05, 0.1) is 5.56 Å². The smallest absolute Gasteiger partial charge is 0.329 e. The van der Waals surface area contributed by atoms with E-state index in [2.05, 4.69) is 15.9 Å². The largest absolute Gasteiger partial charge is 0.479 e. The second kappa shape index (κ2) is 5.74. The summed E-state index contributed by atoms with van der Waals surface area (Å²) in [7, 11) is 0. The number of hydrogen-bond donors (Lipinski definition) is 1. The zero-order chi connectivity index (χ0) is 14.9. The van der Waals surface area contributed by atoms with E-state index in [1.165, 1.54) is 4.90 Å². The number of benzene rings is 1. The number of nitrogens with zero attached hydrogens (tertiary/aromatic N) is 1. The SMILES string of the molecule is CCC1(C(=O)O)CCCN1C(=O)c1cc(Cl)ccc1Br. The van der Waals surface area contributed by atoms with Gasteiger partial charge in [-0.15, -0.1) is 0 Å². The molecular formula is C14H15BrClNO3. The summed E-state index contributed by atoms with van der Waals surface area (Å²) in [5.74, 6) is -1.23. The van der Waals surface area contributed by atoms with Gasteiger partial charge in [-0.05, 0) is 53.4 Å². The Kier molecular flexibility index (Phi) is 4.39. The molecule has 0 bridgehead atoms. The molecule has 6 heteroatoms. The minimum atomic E-state index is -1.10. The van der Waals surface area contributed by atoms with Gasteiger partial charge in [0.25, 0.3) is 5.91 Å². The molecule has 1 aromatic rings. The Bertz CT molecular complexity index is 563. The van der Waals surface area contributed by atoms with Crippen LogP contribution in [0.1, 0.15) is 36.5 Å². The number of carboxylic acids is 1. The molecule has 0 spiro atoms. The van der Waals surface area contributed by atoms with E-state index in [0.717, 1.165) is 0 Å². The molecule has 1 heterocycles. The molecule has 1 atom stereocenters. The second-order valence-corrected chi connectivity index (χ2v) is 6.17. The number of carbonyl (C=O) groups is 2. The average molecular weight is 361 g/mol. The fourth-order valence-corrected chi connectivity index (χ4v) is 3.31. The van der Waals surface area contributed by atoms with Gasteiger partial charge < -0.3 is 10.0 Å². The third-order valence-corrected chi connectivity index (χ3v) is 4.80. The lowest BCUT2D eigenvalue weighted by molar-refractivity contribution is -0.148. The van der Waals surface area contributed by atoms with Crippen LogP contribution in [-0.4, -0.2) is 34.0 Å². The number of halogens is 2. The van der Waals surface area contributed by atoms with Crippen LogP contribution < -0.4 is 0 Å². The maximum atomic E-state index is 12.7. The second-order valence-electron chi connectivity index (χ2n) is 4.87. The van der Waals surface area contributed by atoms with Crippen LogP contribution in [0.5, 0.6) is 0 Å². The summed E-state index contributed by atoms with van der Waals surface area (Å²) in [6, 6.07) is 4.94. The predicted octanol–water partition coefficient (Wildman–Crippen LogP) is 3.57. The van der Waals surface area contributed by atoms with Crippen LogP contribution in [-0.2, 0) is 4.79 Å². The first-order valence-corrected chi connectivity index (χ1v) is 7.60. The van der Waals surface area contributed by atoms with Crippen molar-refractivity contribution in [3.05, 3.63) is 33.3 Å². The minimum Gasteiger partial charge on any atom is -0.479 e. The molecule has 1 fully saturated rings. The maximum absolute atomic E-state index is 12.7. The Morgan fingerprint density at radius 2 is 2.20 bits per heavy atom. The van der Waals surface area contributed by atoms with Crippen LogP contribution in [0.15, 0.2) is 22.7 Å². The summed E-state index contributed by atoms with van der Waals surface area (Å²) in [4.78, 5) is 25.8. The molecule has 1 saturated heterocycles. The van der Waals surface area contributed by atoms with Crippen LogP contribution >= 0.6 is 27.5 Å². The van der Waals surface area contributed by atoms with Gasteiger partial charge in [0.2, 0.25) is 0 Å². The molecule has 0 radical (unpaired) electrons. The van der Waals surface area contributed by atoms with Crippen LogP contribution in [0.3, 0.4) is 0 Å². The third kappa shape index (κ3) is 2.44. The molecule has 1 aliphatic heterocycles. The van der Waals surface area contributed by atoms with Gasteiger partial charge in [0.15, 0.2) is 0 Å². The first-order valence-electron chi connectivity index (χ1n) is 6.43. The quantitative estimate of drug-likeness (QED) is 0.896. The van der Waals surface area contributed by atoms with Gasteiger partial charge in [-0.3, -0.25) is 4.79 Å². The highest BCUT2D eigenvalue weighted by atomic mass is 79.9. The molecule has 2 rings (SSSR count). The third-order valence-electron chi connectivity index (χ3n) is 3.88. The van der Waals surface area contributed by atoms with Crippen LogP contribution in [0, 0.1) is 0 Å². The Hall–Kier alpha value is -1.07. The zero-order valence-electron chi connectivity index (χ0n) is 11.0. The van der Waals surface area contributed by atoms with E-state index in [-0.39, 0.29) is 5.91 Å². The van der Waals surface area contributed by atoms with Crippen LogP contribution in [0.25, 0.3) is 0 Å². The first kappa shape index (κ1) is 15.3. The number of hydrogen-bond acceptors (Lipinski definition) is 2. The van der Waals surface area contributed by atoms with Crippen molar-refractivity contribution >= 4 is 39.4 Å². The molecule has 4 nitrogen and oxygen atoms in total. The molecule has 1 unspecified atom stereocenters. The number of amides is 1. The molecular weight excluding hydrogens is 346 g/mol. The molecule has 0 aromatic heterocycles. The lowest BCUT2D eigenvalue weighted by Gasteiger charge is -2.34. The minimum absolute atomic E-state index is 0.291. The van der Waals surface area contributed by atoms with Crippen molar-refractivity contribution < 1.29 is 14.7 Å². The van der Waals surface area contributed by atoms with E-state index in [1.54, 1.807) is 25.1 Å². The number of carboxylic acid groups (broad SMARTS) is 1. The van der Waals surface area contributed by atoms with Crippen molar-refractivity contribution in [1.82, 2.24) is 4.90 Å². The molecule has 0 aliphatic carbocycles. The van der Waals surface area contributed by atoms with Gasteiger partial charge >= 0.3 is 5.97 Å². The van der Waals surface area contributed by atoms with Crippen molar-refractivity contribution in [2.75, 3.05) is 6.54 Å². The van der Waals surface area contributed by atoms with E-state index >= 15 is 0 Å². The summed E-state index contributed by atoms with van der Waals surface area (Å²) in [6.07, 6.45) is 1.58. The standard InChI is InChI=1S/C14H15BrClNO3/c1-2-14(13(19)20)6-3-7-17(14)12(18)10-8-9(16)4-5-11(10)15/h4-5,8H,2-3,6-7H2,1H3,(H,19,20). The maximum Gasteiger partial charge on any atom is 0.329 e. The summed E-state index contributed by atoms with van der Waals surface area (Å²) in [6.45, 7) is 2.25. The van der Waals surface area contributed by atoms with E-state index in [0.29, 0.717) is 40.9 Å². The first-order chi connectivity index (χ1) is 9.42. The van der Waals surface area contributed by atoms with E-state index in [4.69, 9.17) is 11.6 Å². The van der Waals surface area contributed by atoms with Crippen molar-refractivity contribution in [3.63, 3.8) is 0 Å². The monoisotopic (exact) mass is 359 g/mol. The van der Waals surface area contributed by atoms with E-state index in [9.17, 15) is 14.7 Å². The van der Waals surface area contributed by atoms with Crippen molar-refractivity contribution in [2.45, 2.75) is 31.7 Å². The van der Waals surface area contributed by atoms with Gasteiger partial charge in [0.1, 0.15) is 5.54 Å². The number of aliphatic carboxylic acids is 1. The Morgan fingerprint density at radius 1 is 1.50 bits per heavy atom. The van der Waals surface area contributed by atoms with Crippen molar-refractivity contribution in [1.29, 1.82) is 0 Å². The summed E-state index contributed by atoms with van der Waals surface area (Å²) in [5.41, 5.74) is -0.697. The molecule has 1 aromatic carbocycles. The Labute approximate surface area is 130 Å². The Balaban J connectivity index is 2.42. The Morgan fingerprint density at radius 3 is 2.80 bits per heavy atom. The van der Waals surface area contributed by atoms with Gasteiger partial charge in [-0.1, -0.05) is 18.5 Å². The van der Waals surface area contributed by atoms with Gasteiger partial charge in [-0.2, -0.15) is 0 Å². The predicted molar refractivity (Wildman–Crippen MR) is 80.1 cm³/mol. The fourth-order valence-electron chi connectivity index (χ4n) is 2.72. The number of likely N-dealkylation sites (tertiary alicyclic amines) is 1. The molecule has 1 aliphatic rings. The van der Waals surface area contributed by atoms with Gasteiger partial charge in [0, 0.05) is 16.0 Å². The molecule has 0 saturated carbocycles. The van der Waals surface area contributed by atoms with Crippen LogP contribution in [0.2, 0.25) is 5.02 Å². The van der Waals surface area contributed by atoms with E-state index < -0.39 is 11.5 Å². The van der Waals surface area contributed by atoms with Crippen molar-refractivity contribution in [3.8, 4) is 0 Å². The van der Waals surface area contributed by atoms with Crippen LogP contribution in [0.4, 0.5) is 0 Å². The highest BCUT2D eigenvalue weighted by molar-refractivity contribution is 9.10. The molecule has 108 valence electrons. The summed E-state index contributed by atoms with van der Waals surface area (Å²) in [5, 5.41) is 9.97. The number of rotatable bonds is 3. The summed E-state index contributed by atoms with van der Waals surface area (Å²) >= 11 is 9.25. The molecule has 20 heavy (non-hydrogen) atoms. The molecule has 1 N–H and O–H groups in total. The topological polar surface area (TPSA) is 57.6 Å².